The van der Waals surface area contributed by atoms with Gasteiger partial charge in [0.05, 0.1) is 18.2 Å². The van der Waals surface area contributed by atoms with Crippen LogP contribution in [0.2, 0.25) is 0 Å². The zero-order chi connectivity index (χ0) is 18.3. The molecule has 0 saturated heterocycles. The number of carbonyl (C=O) groups is 2. The lowest BCUT2D eigenvalue weighted by Crippen LogP contribution is -2.52. The number of rotatable bonds is 7. The van der Waals surface area contributed by atoms with Gasteiger partial charge in [-0.3, -0.25) is 4.79 Å². The monoisotopic (exact) mass is 332 g/mol. The SMILES string of the molecule is COCc1cccc(C(=O)OC(C)C(=O)NC(C)(C#N)C(C)C)c1. The van der Waals surface area contributed by atoms with Crippen molar-refractivity contribution in [2.24, 2.45) is 5.92 Å². The van der Waals surface area contributed by atoms with Crippen molar-refractivity contribution in [2.75, 3.05) is 7.11 Å². The lowest BCUT2D eigenvalue weighted by atomic mass is 9.90. The maximum absolute atomic E-state index is 12.2. The van der Waals surface area contributed by atoms with Crippen LogP contribution in [0.25, 0.3) is 0 Å². The van der Waals surface area contributed by atoms with Gasteiger partial charge in [0.2, 0.25) is 0 Å². The van der Waals surface area contributed by atoms with E-state index in [0.717, 1.165) is 5.56 Å². The number of nitriles is 1. The molecule has 0 radical (unpaired) electrons. The smallest absolute Gasteiger partial charge is 0.338 e. The minimum absolute atomic E-state index is 0.0833. The molecular formula is C18H24N2O4. The van der Waals surface area contributed by atoms with Crippen molar-refractivity contribution in [2.45, 2.75) is 45.9 Å². The van der Waals surface area contributed by atoms with E-state index in [1.54, 1.807) is 32.2 Å². The number of nitrogens with zero attached hydrogens (tertiary/aromatic N) is 1. The highest BCUT2D eigenvalue weighted by molar-refractivity contribution is 5.92. The molecule has 130 valence electrons. The van der Waals surface area contributed by atoms with Gasteiger partial charge >= 0.3 is 5.97 Å². The molecule has 0 spiro atoms. The first-order valence-corrected chi connectivity index (χ1v) is 7.75. The Morgan fingerprint density at radius 3 is 2.54 bits per heavy atom. The predicted octanol–water partition coefficient (Wildman–Crippen LogP) is 2.43. The van der Waals surface area contributed by atoms with Crippen LogP contribution in [0, 0.1) is 17.2 Å². The molecule has 0 aromatic heterocycles. The fourth-order valence-corrected chi connectivity index (χ4v) is 1.90. The molecule has 6 heteroatoms. The van der Waals surface area contributed by atoms with Crippen LogP contribution in [0.15, 0.2) is 24.3 Å². The van der Waals surface area contributed by atoms with E-state index in [-0.39, 0.29) is 5.92 Å². The quantitative estimate of drug-likeness (QED) is 0.775. The Bertz CT molecular complexity index is 636. The number of benzene rings is 1. The Balaban J connectivity index is 2.75. The molecule has 24 heavy (non-hydrogen) atoms. The molecule has 0 bridgehead atoms. The number of hydrogen-bond donors (Lipinski definition) is 1. The number of nitrogens with one attached hydrogen (secondary N) is 1. The summed E-state index contributed by atoms with van der Waals surface area (Å²) in [5.74, 6) is -1.19. The molecule has 2 atom stereocenters. The van der Waals surface area contributed by atoms with E-state index in [1.165, 1.54) is 6.92 Å². The lowest BCUT2D eigenvalue weighted by molar-refractivity contribution is -0.130. The molecule has 6 nitrogen and oxygen atoms in total. The van der Waals surface area contributed by atoms with Gasteiger partial charge < -0.3 is 14.8 Å². The first-order valence-electron chi connectivity index (χ1n) is 7.75. The Kier molecular flexibility index (Phi) is 6.93. The molecule has 1 N–H and O–H groups in total. The Morgan fingerprint density at radius 2 is 2.00 bits per heavy atom. The molecule has 1 aromatic carbocycles. The van der Waals surface area contributed by atoms with Crippen LogP contribution in [-0.4, -0.2) is 30.6 Å². The van der Waals surface area contributed by atoms with Gasteiger partial charge in [-0.1, -0.05) is 26.0 Å². The first kappa shape index (κ1) is 19.7. The molecule has 0 aliphatic heterocycles. The summed E-state index contributed by atoms with van der Waals surface area (Å²) < 4.78 is 10.2. The van der Waals surface area contributed by atoms with Gasteiger partial charge in [-0.2, -0.15) is 5.26 Å². The number of amides is 1. The van der Waals surface area contributed by atoms with Gasteiger partial charge in [-0.05, 0) is 37.5 Å². The van der Waals surface area contributed by atoms with Crippen molar-refractivity contribution in [3.05, 3.63) is 35.4 Å². The molecule has 1 rings (SSSR count). The molecule has 1 aromatic rings. The summed E-state index contributed by atoms with van der Waals surface area (Å²) in [6.07, 6.45) is -1.00. The third kappa shape index (κ3) is 5.07. The van der Waals surface area contributed by atoms with Crippen molar-refractivity contribution >= 4 is 11.9 Å². The van der Waals surface area contributed by atoms with E-state index >= 15 is 0 Å². The number of ether oxygens (including phenoxy) is 2. The standard InChI is InChI=1S/C18H24N2O4/c1-12(2)18(4,11-19)20-16(21)13(3)24-17(22)15-8-6-7-14(9-15)10-23-5/h6-9,12-13H,10H2,1-5H3,(H,20,21). The summed E-state index contributed by atoms with van der Waals surface area (Å²) in [5.41, 5.74) is 0.160. The summed E-state index contributed by atoms with van der Waals surface area (Å²) in [4.78, 5) is 24.4. The van der Waals surface area contributed by atoms with Crippen molar-refractivity contribution in [3.63, 3.8) is 0 Å². The van der Waals surface area contributed by atoms with Crippen LogP contribution in [-0.2, 0) is 20.9 Å². The van der Waals surface area contributed by atoms with Crippen LogP contribution in [0.5, 0.6) is 0 Å². The van der Waals surface area contributed by atoms with Gasteiger partial charge in [0, 0.05) is 7.11 Å². The van der Waals surface area contributed by atoms with Crippen LogP contribution in [0.4, 0.5) is 0 Å². The molecule has 1 amide bonds. The van der Waals surface area contributed by atoms with Crippen LogP contribution in [0.3, 0.4) is 0 Å². The van der Waals surface area contributed by atoms with E-state index in [1.807, 2.05) is 19.9 Å². The second-order valence-corrected chi connectivity index (χ2v) is 6.14. The molecule has 0 saturated carbocycles. The third-order valence-corrected chi connectivity index (χ3v) is 3.90. The largest absolute Gasteiger partial charge is 0.449 e. The summed E-state index contributed by atoms with van der Waals surface area (Å²) >= 11 is 0. The third-order valence-electron chi connectivity index (χ3n) is 3.90. The van der Waals surface area contributed by atoms with Crippen molar-refractivity contribution in [3.8, 4) is 6.07 Å². The summed E-state index contributed by atoms with van der Waals surface area (Å²) in [7, 11) is 1.57. The van der Waals surface area contributed by atoms with Gasteiger partial charge in [0.15, 0.2) is 6.10 Å². The zero-order valence-electron chi connectivity index (χ0n) is 14.8. The highest BCUT2D eigenvalue weighted by atomic mass is 16.5. The Morgan fingerprint density at radius 1 is 1.33 bits per heavy atom. The molecule has 0 aliphatic rings. The topological polar surface area (TPSA) is 88.4 Å². The summed E-state index contributed by atoms with van der Waals surface area (Å²) in [6, 6.07) is 8.91. The van der Waals surface area contributed by atoms with Crippen LogP contribution < -0.4 is 5.32 Å². The molecule has 0 aliphatic carbocycles. The van der Waals surface area contributed by atoms with E-state index in [4.69, 9.17) is 9.47 Å². The normalized spacial score (nSPS) is 14.4. The van der Waals surface area contributed by atoms with Crippen LogP contribution in [0.1, 0.15) is 43.6 Å². The number of esters is 1. The number of carbonyl (C=O) groups excluding carboxylic acids is 2. The lowest BCUT2D eigenvalue weighted by Gasteiger charge is -2.28. The Labute approximate surface area is 142 Å². The van der Waals surface area contributed by atoms with Gasteiger partial charge in [-0.15, -0.1) is 0 Å². The maximum atomic E-state index is 12.2. The first-order chi connectivity index (χ1) is 11.2. The van der Waals surface area contributed by atoms with Gasteiger partial charge in [0.25, 0.3) is 5.91 Å². The van der Waals surface area contributed by atoms with Gasteiger partial charge in [-0.25, -0.2) is 4.79 Å². The zero-order valence-corrected chi connectivity index (χ0v) is 14.8. The van der Waals surface area contributed by atoms with Crippen molar-refractivity contribution < 1.29 is 19.1 Å². The Hall–Kier alpha value is -2.39. The molecule has 0 fully saturated rings. The second kappa shape index (κ2) is 8.46. The average molecular weight is 332 g/mol. The average Bonchev–Trinajstić information content (AvgIpc) is 2.54. The summed E-state index contributed by atoms with van der Waals surface area (Å²) in [5, 5.41) is 11.9. The van der Waals surface area contributed by atoms with Crippen molar-refractivity contribution in [1.29, 1.82) is 5.26 Å². The molecular weight excluding hydrogens is 308 g/mol. The second-order valence-electron chi connectivity index (χ2n) is 6.14. The predicted molar refractivity (Wildman–Crippen MR) is 89.0 cm³/mol. The van der Waals surface area contributed by atoms with Gasteiger partial charge in [0.1, 0.15) is 5.54 Å². The van der Waals surface area contributed by atoms with E-state index < -0.39 is 23.5 Å². The highest BCUT2D eigenvalue weighted by Crippen LogP contribution is 2.16. The molecule has 2 unspecified atom stereocenters. The fourth-order valence-electron chi connectivity index (χ4n) is 1.90. The summed E-state index contributed by atoms with van der Waals surface area (Å²) in [6.45, 7) is 7.16. The maximum Gasteiger partial charge on any atom is 0.338 e. The number of hydrogen-bond acceptors (Lipinski definition) is 5. The van der Waals surface area contributed by atoms with E-state index in [0.29, 0.717) is 12.2 Å². The highest BCUT2D eigenvalue weighted by Gasteiger charge is 2.32. The van der Waals surface area contributed by atoms with E-state index in [2.05, 4.69) is 11.4 Å². The number of methoxy groups -OCH3 is 1. The fraction of sp³-hybridized carbons (Fsp3) is 0.500. The van der Waals surface area contributed by atoms with Crippen molar-refractivity contribution in [1.82, 2.24) is 5.32 Å². The minimum atomic E-state index is -1.02. The molecule has 0 heterocycles. The van der Waals surface area contributed by atoms with Crippen LogP contribution >= 0.6 is 0 Å². The van der Waals surface area contributed by atoms with E-state index in [9.17, 15) is 14.9 Å². The minimum Gasteiger partial charge on any atom is -0.449 e.